The number of benzene rings is 3. The fourth-order valence-corrected chi connectivity index (χ4v) is 5.57. The number of carboxylic acid groups (broad SMARTS) is 1. The summed E-state index contributed by atoms with van der Waals surface area (Å²) in [5, 5.41) is 13.2. The minimum absolute atomic E-state index is 0.233. The van der Waals surface area contributed by atoms with E-state index in [1.165, 1.54) is 0 Å². The third-order valence-electron chi connectivity index (χ3n) is 7.45. The van der Waals surface area contributed by atoms with Crippen molar-refractivity contribution in [3.05, 3.63) is 89.7 Å². The molecule has 3 aromatic carbocycles. The number of para-hydroxylation sites is 1. The molecule has 0 saturated carbocycles. The van der Waals surface area contributed by atoms with E-state index in [0.29, 0.717) is 32.7 Å². The van der Waals surface area contributed by atoms with E-state index < -0.39 is 5.97 Å². The number of aryl methyl sites for hydroxylation is 2. The Kier molecular flexibility index (Phi) is 6.90. The van der Waals surface area contributed by atoms with Gasteiger partial charge >= 0.3 is 5.97 Å². The molecule has 1 aliphatic rings. The number of nitrogens with zero attached hydrogens (tertiary/aromatic N) is 2. The smallest absolute Gasteiger partial charge is 0.352 e. The standard InChI is InChI=1S/C32H31N3O4/c1-21-14-15-33-31(35-16-19-38-20-17-35)28(21)26-11-5-10-24-25(30(32(36)37)34-29(24)26)12-6-18-39-27-13-4-8-22-7-2-3-9-23(22)27/h2-5,7-11,13-15,34H,6,12,16-20H2,1H3,(H,36,37). The number of carboxylic acids is 1. The number of carbonyl (C=O) groups is 1. The lowest BCUT2D eigenvalue weighted by atomic mass is 9.97. The van der Waals surface area contributed by atoms with Gasteiger partial charge in [0.1, 0.15) is 17.3 Å². The number of anilines is 1. The first-order valence-corrected chi connectivity index (χ1v) is 13.4. The summed E-state index contributed by atoms with van der Waals surface area (Å²) >= 11 is 0. The number of hydrogen-bond donors (Lipinski definition) is 2. The highest BCUT2D eigenvalue weighted by molar-refractivity contribution is 6.04. The molecule has 0 spiro atoms. The van der Waals surface area contributed by atoms with Crippen molar-refractivity contribution in [2.45, 2.75) is 19.8 Å². The molecule has 0 amide bonds. The number of pyridine rings is 1. The van der Waals surface area contributed by atoms with Crippen molar-refractivity contribution in [2.75, 3.05) is 37.8 Å². The molecule has 0 atom stereocenters. The van der Waals surface area contributed by atoms with Crippen LogP contribution in [0.15, 0.2) is 72.9 Å². The van der Waals surface area contributed by atoms with Gasteiger partial charge in [-0.25, -0.2) is 9.78 Å². The Balaban J connectivity index is 1.31. The van der Waals surface area contributed by atoms with E-state index in [-0.39, 0.29) is 5.69 Å². The van der Waals surface area contributed by atoms with Crippen molar-refractivity contribution in [3.63, 3.8) is 0 Å². The molecule has 39 heavy (non-hydrogen) atoms. The Morgan fingerprint density at radius 2 is 1.79 bits per heavy atom. The number of aromatic nitrogens is 2. The molecule has 7 heteroatoms. The van der Waals surface area contributed by atoms with Crippen LogP contribution in [0.5, 0.6) is 5.75 Å². The zero-order valence-corrected chi connectivity index (χ0v) is 21.9. The van der Waals surface area contributed by atoms with Gasteiger partial charge in [0.25, 0.3) is 0 Å². The second kappa shape index (κ2) is 10.8. The van der Waals surface area contributed by atoms with Gasteiger partial charge < -0.3 is 24.5 Å². The van der Waals surface area contributed by atoms with E-state index in [2.05, 4.69) is 35.0 Å². The molecule has 6 rings (SSSR count). The summed E-state index contributed by atoms with van der Waals surface area (Å²) in [6.07, 6.45) is 3.10. The third-order valence-corrected chi connectivity index (χ3v) is 7.45. The fraction of sp³-hybridized carbons (Fsp3) is 0.250. The number of hydrogen-bond acceptors (Lipinski definition) is 5. The van der Waals surface area contributed by atoms with E-state index >= 15 is 0 Å². The van der Waals surface area contributed by atoms with Crippen LogP contribution in [0, 0.1) is 6.92 Å². The van der Waals surface area contributed by atoms with E-state index in [0.717, 1.165) is 68.6 Å². The molecule has 198 valence electrons. The number of morpholine rings is 1. The molecule has 0 radical (unpaired) electrons. The molecule has 2 N–H and O–H groups in total. The van der Waals surface area contributed by atoms with Gasteiger partial charge in [-0.05, 0) is 48.4 Å². The Morgan fingerprint density at radius 3 is 2.64 bits per heavy atom. The van der Waals surface area contributed by atoms with Crippen molar-refractivity contribution in [3.8, 4) is 16.9 Å². The predicted molar refractivity (Wildman–Crippen MR) is 154 cm³/mol. The molecule has 5 aromatic rings. The summed E-state index contributed by atoms with van der Waals surface area (Å²) in [4.78, 5) is 22.6. The molecule has 0 bridgehead atoms. The number of aromatic amines is 1. The Hall–Kier alpha value is -4.36. The van der Waals surface area contributed by atoms with Crippen molar-refractivity contribution in [1.29, 1.82) is 0 Å². The number of fused-ring (bicyclic) bond motifs is 2. The molecular weight excluding hydrogens is 490 g/mol. The van der Waals surface area contributed by atoms with Gasteiger partial charge in [-0.3, -0.25) is 0 Å². The topological polar surface area (TPSA) is 87.7 Å². The Bertz CT molecular complexity index is 1650. The van der Waals surface area contributed by atoms with Crippen LogP contribution in [-0.4, -0.2) is 54.0 Å². The summed E-state index contributed by atoms with van der Waals surface area (Å²) in [6, 6.07) is 22.2. The molecule has 1 saturated heterocycles. The SMILES string of the molecule is Cc1ccnc(N2CCOCC2)c1-c1cccc2c(CCCOc3cccc4ccccc34)c(C(=O)O)[nH]c12. The van der Waals surface area contributed by atoms with Gasteiger partial charge in [-0.1, -0.05) is 54.6 Å². The first-order valence-electron chi connectivity index (χ1n) is 13.4. The maximum absolute atomic E-state index is 12.3. The molecule has 0 unspecified atom stereocenters. The second-order valence-corrected chi connectivity index (χ2v) is 9.87. The maximum atomic E-state index is 12.3. The van der Waals surface area contributed by atoms with Crippen LogP contribution in [0.3, 0.4) is 0 Å². The normalized spacial score (nSPS) is 13.7. The maximum Gasteiger partial charge on any atom is 0.352 e. The van der Waals surface area contributed by atoms with Crippen LogP contribution in [-0.2, 0) is 11.2 Å². The van der Waals surface area contributed by atoms with Crippen LogP contribution in [0.1, 0.15) is 28.0 Å². The average Bonchev–Trinajstić information content (AvgIpc) is 3.35. The van der Waals surface area contributed by atoms with Crippen LogP contribution in [0.2, 0.25) is 0 Å². The number of rotatable bonds is 8. The second-order valence-electron chi connectivity index (χ2n) is 9.87. The van der Waals surface area contributed by atoms with Gasteiger partial charge in [0.15, 0.2) is 0 Å². The van der Waals surface area contributed by atoms with Crippen LogP contribution in [0.25, 0.3) is 32.8 Å². The van der Waals surface area contributed by atoms with E-state index in [1.807, 2.05) is 54.7 Å². The Labute approximate surface area is 227 Å². The predicted octanol–water partition coefficient (Wildman–Crippen LogP) is 6.24. The largest absolute Gasteiger partial charge is 0.493 e. The van der Waals surface area contributed by atoms with Crippen molar-refractivity contribution in [2.24, 2.45) is 0 Å². The van der Waals surface area contributed by atoms with E-state index in [9.17, 15) is 9.90 Å². The summed E-state index contributed by atoms with van der Waals surface area (Å²) < 4.78 is 11.7. The van der Waals surface area contributed by atoms with Crippen LogP contribution < -0.4 is 9.64 Å². The highest BCUT2D eigenvalue weighted by Gasteiger charge is 2.23. The lowest BCUT2D eigenvalue weighted by Gasteiger charge is -2.30. The van der Waals surface area contributed by atoms with Crippen molar-refractivity contribution in [1.82, 2.24) is 9.97 Å². The van der Waals surface area contributed by atoms with Gasteiger partial charge in [0, 0.05) is 41.2 Å². The van der Waals surface area contributed by atoms with Gasteiger partial charge in [0.2, 0.25) is 0 Å². The van der Waals surface area contributed by atoms with Crippen LogP contribution >= 0.6 is 0 Å². The molecule has 7 nitrogen and oxygen atoms in total. The summed E-state index contributed by atoms with van der Waals surface area (Å²) in [6.45, 7) is 5.43. The molecule has 1 fully saturated rings. The first kappa shape index (κ1) is 24.9. The number of aromatic carboxylic acids is 1. The average molecular weight is 522 g/mol. The lowest BCUT2D eigenvalue weighted by Crippen LogP contribution is -2.37. The number of ether oxygens (including phenoxy) is 2. The summed E-state index contributed by atoms with van der Waals surface area (Å²) in [5.41, 5.74) is 4.93. The lowest BCUT2D eigenvalue weighted by molar-refractivity contribution is 0.0690. The first-order chi connectivity index (χ1) is 19.1. The summed E-state index contributed by atoms with van der Waals surface area (Å²) in [5.74, 6) is 0.788. The molecular formula is C32H31N3O4. The third kappa shape index (κ3) is 4.81. The zero-order chi connectivity index (χ0) is 26.8. The number of H-pyrrole nitrogens is 1. The molecule has 0 aliphatic carbocycles. The number of nitrogens with one attached hydrogen (secondary N) is 1. The molecule has 3 heterocycles. The minimum atomic E-state index is -0.960. The van der Waals surface area contributed by atoms with Crippen molar-refractivity contribution < 1.29 is 19.4 Å². The van der Waals surface area contributed by atoms with E-state index in [4.69, 9.17) is 14.5 Å². The fourth-order valence-electron chi connectivity index (χ4n) is 5.57. The van der Waals surface area contributed by atoms with Gasteiger partial charge in [-0.2, -0.15) is 0 Å². The highest BCUT2D eigenvalue weighted by Crippen LogP contribution is 2.38. The van der Waals surface area contributed by atoms with E-state index in [1.54, 1.807) is 0 Å². The molecule has 2 aromatic heterocycles. The van der Waals surface area contributed by atoms with Gasteiger partial charge in [0.05, 0.1) is 25.3 Å². The molecule has 1 aliphatic heterocycles. The summed E-state index contributed by atoms with van der Waals surface area (Å²) in [7, 11) is 0. The van der Waals surface area contributed by atoms with Crippen molar-refractivity contribution >= 4 is 33.5 Å². The quantitative estimate of drug-likeness (QED) is 0.235. The minimum Gasteiger partial charge on any atom is -0.493 e. The Morgan fingerprint density at radius 1 is 1.03 bits per heavy atom. The monoisotopic (exact) mass is 521 g/mol. The highest BCUT2D eigenvalue weighted by atomic mass is 16.5. The van der Waals surface area contributed by atoms with Gasteiger partial charge in [-0.15, -0.1) is 0 Å². The van der Waals surface area contributed by atoms with Crippen LogP contribution in [0.4, 0.5) is 5.82 Å². The zero-order valence-electron chi connectivity index (χ0n) is 21.9.